The van der Waals surface area contributed by atoms with Gasteiger partial charge in [0.1, 0.15) is 0 Å². The molecule has 2 amide bonds. The van der Waals surface area contributed by atoms with Crippen molar-refractivity contribution in [3.05, 3.63) is 0 Å². The molecule has 0 saturated carbocycles. The Bertz CT molecular complexity index is 267. The predicted molar refractivity (Wildman–Crippen MR) is 73.0 cm³/mol. The van der Waals surface area contributed by atoms with Crippen molar-refractivity contribution in [3.8, 4) is 0 Å². The van der Waals surface area contributed by atoms with Gasteiger partial charge in [-0.05, 0) is 18.8 Å². The van der Waals surface area contributed by atoms with Gasteiger partial charge in [-0.15, -0.1) is 0 Å². The highest BCUT2D eigenvalue weighted by Gasteiger charge is 2.24. The fourth-order valence-corrected chi connectivity index (χ4v) is 1.53. The lowest BCUT2D eigenvalue weighted by atomic mass is 10.0. The first-order chi connectivity index (χ1) is 8.43. The molecule has 1 atom stereocenters. The molecule has 0 heterocycles. The van der Waals surface area contributed by atoms with Gasteiger partial charge in [0.25, 0.3) is 0 Å². The zero-order valence-corrected chi connectivity index (χ0v) is 12.0. The van der Waals surface area contributed by atoms with Crippen LogP contribution in [-0.2, 0) is 9.59 Å². The summed E-state index contributed by atoms with van der Waals surface area (Å²) in [6.45, 7) is 9.10. The number of hydrogen-bond donors (Lipinski definition) is 2. The lowest BCUT2D eigenvalue weighted by Crippen LogP contribution is -2.50. The van der Waals surface area contributed by atoms with Gasteiger partial charge in [-0.1, -0.05) is 27.7 Å². The molecule has 0 aliphatic heterocycles. The molecule has 106 valence electrons. The Balaban J connectivity index is 4.46. The molecule has 18 heavy (non-hydrogen) atoms. The average Bonchev–Trinajstić information content (AvgIpc) is 2.33. The molecule has 0 radical (unpaired) electrons. The summed E-state index contributed by atoms with van der Waals surface area (Å²) < 4.78 is 0. The Morgan fingerprint density at radius 3 is 2.28 bits per heavy atom. The van der Waals surface area contributed by atoms with Gasteiger partial charge in [0.05, 0.1) is 12.6 Å². The van der Waals surface area contributed by atoms with Crippen LogP contribution in [0.3, 0.4) is 0 Å². The van der Waals surface area contributed by atoms with Crippen LogP contribution in [0.5, 0.6) is 0 Å². The minimum atomic E-state index is -0.532. The Morgan fingerprint density at radius 1 is 1.22 bits per heavy atom. The van der Waals surface area contributed by atoms with E-state index in [4.69, 9.17) is 5.73 Å². The third kappa shape index (κ3) is 6.00. The molecule has 3 N–H and O–H groups in total. The zero-order valence-electron chi connectivity index (χ0n) is 12.0. The van der Waals surface area contributed by atoms with Crippen molar-refractivity contribution in [2.24, 2.45) is 11.7 Å². The fraction of sp³-hybridized carbons (Fsp3) is 0.846. The summed E-state index contributed by atoms with van der Waals surface area (Å²) in [4.78, 5) is 25.3. The van der Waals surface area contributed by atoms with Crippen LogP contribution in [0, 0.1) is 5.92 Å². The Kier molecular flexibility index (Phi) is 8.37. The molecular weight excluding hydrogens is 230 g/mol. The van der Waals surface area contributed by atoms with Gasteiger partial charge in [-0.2, -0.15) is 0 Å². The van der Waals surface area contributed by atoms with Gasteiger partial charge in [0, 0.05) is 13.1 Å². The van der Waals surface area contributed by atoms with Gasteiger partial charge in [0.2, 0.25) is 11.8 Å². The number of amides is 2. The van der Waals surface area contributed by atoms with Crippen LogP contribution >= 0.6 is 0 Å². The molecule has 0 aliphatic rings. The monoisotopic (exact) mass is 257 g/mol. The summed E-state index contributed by atoms with van der Waals surface area (Å²) in [5.41, 5.74) is 5.84. The summed E-state index contributed by atoms with van der Waals surface area (Å²) >= 11 is 0. The standard InChI is InChI=1S/C13H27N3O2/c1-5-7-15-11(17)9-16(8-6-2)13(18)12(14)10(3)4/h10,12H,5-9,14H2,1-4H3,(H,15,17)/t12-/m0/s1. The zero-order chi connectivity index (χ0) is 14.1. The lowest BCUT2D eigenvalue weighted by molar-refractivity contribution is -0.137. The average molecular weight is 257 g/mol. The van der Waals surface area contributed by atoms with E-state index in [1.54, 1.807) is 4.90 Å². The van der Waals surface area contributed by atoms with Gasteiger partial charge < -0.3 is 16.0 Å². The van der Waals surface area contributed by atoms with Gasteiger partial charge in [0.15, 0.2) is 0 Å². The normalized spacial score (nSPS) is 12.3. The highest BCUT2D eigenvalue weighted by Crippen LogP contribution is 2.04. The molecule has 0 aromatic carbocycles. The van der Waals surface area contributed by atoms with E-state index in [1.807, 2.05) is 27.7 Å². The fourth-order valence-electron chi connectivity index (χ4n) is 1.53. The Hall–Kier alpha value is -1.10. The number of nitrogens with two attached hydrogens (primary N) is 1. The summed E-state index contributed by atoms with van der Waals surface area (Å²) in [6.07, 6.45) is 1.70. The van der Waals surface area contributed by atoms with E-state index in [-0.39, 0.29) is 24.3 Å². The van der Waals surface area contributed by atoms with Crippen LogP contribution in [0.4, 0.5) is 0 Å². The van der Waals surface area contributed by atoms with Gasteiger partial charge >= 0.3 is 0 Å². The van der Waals surface area contributed by atoms with Crippen molar-refractivity contribution in [3.63, 3.8) is 0 Å². The second-order valence-electron chi connectivity index (χ2n) is 4.88. The van der Waals surface area contributed by atoms with Gasteiger partial charge in [-0.3, -0.25) is 9.59 Å². The van der Waals surface area contributed by atoms with Crippen molar-refractivity contribution in [1.82, 2.24) is 10.2 Å². The molecule has 0 saturated heterocycles. The third-order valence-corrected chi connectivity index (χ3v) is 2.72. The first kappa shape index (κ1) is 16.9. The second kappa shape index (κ2) is 8.91. The smallest absolute Gasteiger partial charge is 0.240 e. The van der Waals surface area contributed by atoms with E-state index in [1.165, 1.54) is 0 Å². The molecule has 0 spiro atoms. The molecule has 0 fully saturated rings. The lowest BCUT2D eigenvalue weighted by Gasteiger charge is -2.26. The molecule has 0 aromatic rings. The molecule has 0 aromatic heterocycles. The molecule has 0 rings (SSSR count). The minimum absolute atomic E-state index is 0.0792. The number of carbonyl (C=O) groups excluding carboxylic acids is 2. The number of hydrogen-bond acceptors (Lipinski definition) is 3. The van der Waals surface area contributed by atoms with E-state index < -0.39 is 6.04 Å². The quantitative estimate of drug-likeness (QED) is 0.673. The van der Waals surface area contributed by atoms with E-state index >= 15 is 0 Å². The SMILES string of the molecule is CCCNC(=O)CN(CCC)C(=O)[C@@H](N)C(C)C. The van der Waals surface area contributed by atoms with Crippen molar-refractivity contribution in [2.75, 3.05) is 19.6 Å². The summed E-state index contributed by atoms with van der Waals surface area (Å²) in [5.74, 6) is -0.177. The van der Waals surface area contributed by atoms with Crippen molar-refractivity contribution in [2.45, 2.75) is 46.6 Å². The first-order valence-electron chi connectivity index (χ1n) is 6.75. The largest absolute Gasteiger partial charge is 0.355 e. The molecule has 0 bridgehead atoms. The second-order valence-corrected chi connectivity index (χ2v) is 4.88. The maximum Gasteiger partial charge on any atom is 0.240 e. The Labute approximate surface area is 110 Å². The molecular formula is C13H27N3O2. The van der Waals surface area contributed by atoms with Crippen LogP contribution in [-0.4, -0.2) is 42.4 Å². The number of carbonyl (C=O) groups is 2. The third-order valence-electron chi connectivity index (χ3n) is 2.72. The maximum atomic E-state index is 12.1. The Morgan fingerprint density at radius 2 is 1.83 bits per heavy atom. The van der Waals surface area contributed by atoms with Crippen molar-refractivity contribution < 1.29 is 9.59 Å². The highest BCUT2D eigenvalue weighted by molar-refractivity contribution is 5.87. The van der Waals surface area contributed by atoms with Crippen LogP contribution in [0.25, 0.3) is 0 Å². The molecule has 5 heteroatoms. The number of nitrogens with zero attached hydrogens (tertiary/aromatic N) is 1. The van der Waals surface area contributed by atoms with Gasteiger partial charge in [-0.25, -0.2) is 0 Å². The summed E-state index contributed by atoms with van der Waals surface area (Å²) in [5, 5.41) is 2.77. The van der Waals surface area contributed by atoms with Crippen LogP contribution in [0.15, 0.2) is 0 Å². The highest BCUT2D eigenvalue weighted by atomic mass is 16.2. The van der Waals surface area contributed by atoms with Crippen molar-refractivity contribution >= 4 is 11.8 Å². The van der Waals surface area contributed by atoms with E-state index in [0.717, 1.165) is 12.8 Å². The predicted octanol–water partition coefficient (Wildman–Crippen LogP) is 0.735. The maximum absolute atomic E-state index is 12.1. The topological polar surface area (TPSA) is 75.4 Å². The summed E-state index contributed by atoms with van der Waals surface area (Å²) in [6, 6.07) is -0.532. The minimum Gasteiger partial charge on any atom is -0.355 e. The van der Waals surface area contributed by atoms with Crippen molar-refractivity contribution in [1.29, 1.82) is 0 Å². The number of rotatable bonds is 8. The molecule has 0 aliphatic carbocycles. The van der Waals surface area contributed by atoms with Crippen LogP contribution in [0.2, 0.25) is 0 Å². The van der Waals surface area contributed by atoms with Crippen LogP contribution in [0.1, 0.15) is 40.5 Å². The summed E-state index contributed by atoms with van der Waals surface area (Å²) in [7, 11) is 0. The molecule has 0 unspecified atom stereocenters. The van der Waals surface area contributed by atoms with E-state index in [2.05, 4.69) is 5.32 Å². The first-order valence-corrected chi connectivity index (χ1v) is 6.75. The molecule has 5 nitrogen and oxygen atoms in total. The van der Waals surface area contributed by atoms with Crippen LogP contribution < -0.4 is 11.1 Å². The number of nitrogens with one attached hydrogen (secondary N) is 1. The van der Waals surface area contributed by atoms with E-state index in [9.17, 15) is 9.59 Å². The van der Waals surface area contributed by atoms with E-state index in [0.29, 0.717) is 13.1 Å².